The maximum absolute atomic E-state index is 13.6. The lowest BCUT2D eigenvalue weighted by Gasteiger charge is -2.37. The Balaban J connectivity index is 1.63. The zero-order chi connectivity index (χ0) is 25.5. The first-order chi connectivity index (χ1) is 17.4. The summed E-state index contributed by atoms with van der Waals surface area (Å²) in [5.74, 6) is 6.19. The molecule has 186 valence electrons. The number of hydrogen-bond acceptors (Lipinski definition) is 7. The van der Waals surface area contributed by atoms with Crippen LogP contribution in [0.1, 0.15) is 40.9 Å². The molecule has 1 aliphatic rings. The van der Waals surface area contributed by atoms with Gasteiger partial charge < -0.3 is 14.7 Å². The van der Waals surface area contributed by atoms with Gasteiger partial charge in [-0.1, -0.05) is 24.8 Å². The number of aromatic nitrogens is 3. The summed E-state index contributed by atoms with van der Waals surface area (Å²) in [7, 11) is 2.03. The summed E-state index contributed by atoms with van der Waals surface area (Å²) in [6, 6.07) is 9.03. The highest BCUT2D eigenvalue weighted by atomic mass is 16.5. The zero-order valence-corrected chi connectivity index (χ0v) is 20.8. The molecule has 0 radical (unpaired) electrons. The van der Waals surface area contributed by atoms with Gasteiger partial charge in [0.25, 0.3) is 5.91 Å². The van der Waals surface area contributed by atoms with Crippen molar-refractivity contribution >= 4 is 5.91 Å². The van der Waals surface area contributed by atoms with Crippen molar-refractivity contribution in [2.45, 2.75) is 32.5 Å². The first kappa shape index (κ1) is 25.3. The highest BCUT2D eigenvalue weighted by Gasteiger charge is 2.34. The highest BCUT2D eigenvalue weighted by molar-refractivity contribution is 5.97. The maximum atomic E-state index is 13.6. The average molecular weight is 486 g/mol. The van der Waals surface area contributed by atoms with E-state index in [1.807, 2.05) is 44.4 Å². The number of ether oxygens (including phenoxy) is 1. The van der Waals surface area contributed by atoms with Gasteiger partial charge in [0.2, 0.25) is 5.88 Å². The van der Waals surface area contributed by atoms with E-state index >= 15 is 0 Å². The molecule has 0 unspecified atom stereocenters. The van der Waals surface area contributed by atoms with Gasteiger partial charge in [0.1, 0.15) is 11.7 Å². The van der Waals surface area contributed by atoms with E-state index in [1.165, 1.54) is 0 Å². The molecule has 0 saturated heterocycles. The Kier molecular flexibility index (Phi) is 8.26. The summed E-state index contributed by atoms with van der Waals surface area (Å²) in [4.78, 5) is 30.2. The zero-order valence-electron chi connectivity index (χ0n) is 20.8. The van der Waals surface area contributed by atoms with E-state index in [2.05, 4.69) is 38.6 Å². The number of likely N-dealkylation sites (N-methyl/N-ethyl adjacent to an activating group) is 1. The van der Waals surface area contributed by atoms with Gasteiger partial charge in [-0.15, -0.1) is 0 Å². The molecule has 0 aliphatic carbocycles. The summed E-state index contributed by atoms with van der Waals surface area (Å²) < 4.78 is 6.37. The second-order valence-corrected chi connectivity index (χ2v) is 9.25. The molecule has 8 heteroatoms. The highest BCUT2D eigenvalue weighted by Crippen LogP contribution is 2.27. The van der Waals surface area contributed by atoms with Crippen LogP contribution in [-0.4, -0.2) is 74.7 Å². The van der Waals surface area contributed by atoms with Crippen molar-refractivity contribution < 1.29 is 14.6 Å². The van der Waals surface area contributed by atoms with Crippen LogP contribution in [-0.2, 0) is 6.54 Å². The first-order valence-corrected chi connectivity index (χ1v) is 12.0. The average Bonchev–Trinajstić information content (AvgIpc) is 2.90. The third-order valence-corrected chi connectivity index (χ3v) is 6.20. The molecular weight excluding hydrogens is 454 g/mol. The molecule has 1 N–H and O–H groups in total. The number of fused-ring (bicyclic) bond motifs is 1. The molecule has 3 aromatic heterocycles. The Hall–Kier alpha value is -3.80. The van der Waals surface area contributed by atoms with E-state index < -0.39 is 0 Å². The summed E-state index contributed by atoms with van der Waals surface area (Å²) in [5.41, 5.74) is 2.83. The number of amides is 1. The van der Waals surface area contributed by atoms with Crippen molar-refractivity contribution in [1.82, 2.24) is 24.8 Å². The fraction of sp³-hybridized carbons (Fsp3) is 0.357. The molecular formula is C28H31N5O3. The van der Waals surface area contributed by atoms with Crippen LogP contribution in [0.25, 0.3) is 0 Å². The number of rotatable bonds is 6. The van der Waals surface area contributed by atoms with Crippen molar-refractivity contribution in [1.29, 1.82) is 0 Å². The van der Waals surface area contributed by atoms with Crippen LogP contribution in [0.2, 0.25) is 0 Å². The lowest BCUT2D eigenvalue weighted by Crippen LogP contribution is -2.49. The molecule has 1 amide bonds. The van der Waals surface area contributed by atoms with Gasteiger partial charge >= 0.3 is 0 Å². The van der Waals surface area contributed by atoms with Gasteiger partial charge in [-0.3, -0.25) is 19.7 Å². The quantitative estimate of drug-likeness (QED) is 0.537. The topological polar surface area (TPSA) is 91.7 Å². The van der Waals surface area contributed by atoms with Gasteiger partial charge in [0, 0.05) is 67.7 Å². The molecule has 36 heavy (non-hydrogen) atoms. The summed E-state index contributed by atoms with van der Waals surface area (Å²) >= 11 is 0. The SMILES string of the molecule is C[C@@H]1CN([C@H](C)CO)C(=O)c2cc(C#Cc3cccnc3)cnc2O[C@H]1CN(C)Cc1cccnc1. The Morgan fingerprint density at radius 3 is 2.61 bits per heavy atom. The molecule has 1 aliphatic heterocycles. The fourth-order valence-electron chi connectivity index (χ4n) is 4.14. The summed E-state index contributed by atoms with van der Waals surface area (Å²) in [6.07, 6.45) is 8.39. The second kappa shape index (κ2) is 11.8. The third kappa shape index (κ3) is 6.25. The van der Waals surface area contributed by atoms with E-state index in [0.717, 1.165) is 17.7 Å². The minimum atomic E-state index is -0.343. The van der Waals surface area contributed by atoms with Gasteiger partial charge in [0.05, 0.1) is 12.6 Å². The first-order valence-electron chi connectivity index (χ1n) is 12.0. The Labute approximate surface area is 212 Å². The number of nitrogens with zero attached hydrogens (tertiary/aromatic N) is 5. The van der Waals surface area contributed by atoms with Crippen molar-refractivity contribution in [2.75, 3.05) is 26.7 Å². The van der Waals surface area contributed by atoms with Gasteiger partial charge in [-0.2, -0.15) is 0 Å². The molecule has 8 nitrogen and oxygen atoms in total. The maximum Gasteiger partial charge on any atom is 0.259 e. The molecule has 0 spiro atoms. The fourth-order valence-corrected chi connectivity index (χ4v) is 4.14. The van der Waals surface area contributed by atoms with Crippen LogP contribution >= 0.6 is 0 Å². The third-order valence-electron chi connectivity index (χ3n) is 6.20. The number of aliphatic hydroxyl groups is 1. The Bertz CT molecular complexity index is 1230. The van der Waals surface area contributed by atoms with E-state index in [0.29, 0.717) is 24.2 Å². The van der Waals surface area contributed by atoms with Crippen molar-refractivity contribution in [2.24, 2.45) is 5.92 Å². The molecule has 4 heterocycles. The lowest BCUT2D eigenvalue weighted by molar-refractivity contribution is 0.0325. The van der Waals surface area contributed by atoms with E-state index in [4.69, 9.17) is 4.74 Å². The Morgan fingerprint density at radius 2 is 1.92 bits per heavy atom. The predicted molar refractivity (Wildman–Crippen MR) is 136 cm³/mol. The number of carbonyl (C=O) groups is 1. The molecule has 0 bridgehead atoms. The Morgan fingerprint density at radius 1 is 1.17 bits per heavy atom. The lowest BCUT2D eigenvalue weighted by atomic mass is 9.99. The normalized spacial score (nSPS) is 18.4. The molecule has 0 fully saturated rings. The standard InChI is InChI=1S/C28H31N5O3/c1-20-16-33(21(2)19-34)28(35)25-12-23(9-8-22-6-4-10-29-13-22)15-31-27(25)36-26(20)18-32(3)17-24-7-5-11-30-14-24/h4-7,10-15,20-21,26,34H,16-19H2,1-3H3/t20-,21-,26+/m1/s1. The van der Waals surface area contributed by atoms with E-state index in [-0.39, 0.29) is 36.5 Å². The molecule has 3 aromatic rings. The van der Waals surface area contributed by atoms with Gasteiger partial charge in [0.15, 0.2) is 0 Å². The van der Waals surface area contributed by atoms with Crippen LogP contribution in [0.15, 0.2) is 61.3 Å². The van der Waals surface area contributed by atoms with Crippen LogP contribution < -0.4 is 4.74 Å². The van der Waals surface area contributed by atoms with Crippen molar-refractivity contribution in [3.05, 3.63) is 83.6 Å². The number of carbonyl (C=O) groups excluding carboxylic acids is 1. The van der Waals surface area contributed by atoms with Crippen LogP contribution in [0.4, 0.5) is 0 Å². The second-order valence-electron chi connectivity index (χ2n) is 9.25. The molecule has 0 saturated carbocycles. The van der Waals surface area contributed by atoms with Crippen LogP contribution in [0.5, 0.6) is 5.88 Å². The number of hydrogen-bond donors (Lipinski definition) is 1. The largest absolute Gasteiger partial charge is 0.472 e. The minimum absolute atomic E-state index is 0.0132. The van der Waals surface area contributed by atoms with Crippen molar-refractivity contribution in [3.63, 3.8) is 0 Å². The van der Waals surface area contributed by atoms with E-state index in [1.54, 1.807) is 35.8 Å². The van der Waals surface area contributed by atoms with Crippen molar-refractivity contribution in [3.8, 4) is 17.7 Å². The molecule has 0 aromatic carbocycles. The number of aliphatic hydroxyl groups excluding tert-OH is 1. The van der Waals surface area contributed by atoms with E-state index in [9.17, 15) is 9.90 Å². The minimum Gasteiger partial charge on any atom is -0.472 e. The van der Waals surface area contributed by atoms with Crippen LogP contribution in [0.3, 0.4) is 0 Å². The smallest absolute Gasteiger partial charge is 0.259 e. The van der Waals surface area contributed by atoms with Gasteiger partial charge in [-0.05, 0) is 43.8 Å². The van der Waals surface area contributed by atoms with Gasteiger partial charge in [-0.25, -0.2) is 4.98 Å². The molecule has 4 rings (SSSR count). The summed E-state index contributed by atoms with van der Waals surface area (Å²) in [6.45, 7) is 5.58. The monoisotopic (exact) mass is 485 g/mol. The van der Waals surface area contributed by atoms with Crippen LogP contribution in [0, 0.1) is 17.8 Å². The molecule has 3 atom stereocenters. The number of pyridine rings is 3. The predicted octanol–water partition coefficient (Wildman–Crippen LogP) is 2.62. The summed E-state index contributed by atoms with van der Waals surface area (Å²) in [5, 5.41) is 9.86.